The van der Waals surface area contributed by atoms with Crippen LogP contribution >= 0.6 is 0 Å². The highest BCUT2D eigenvalue weighted by Gasteiger charge is 2.17. The first kappa shape index (κ1) is 12.7. The molecular weight excluding hydrogens is 276 g/mol. The molecule has 3 aromatic rings. The lowest BCUT2D eigenvalue weighted by Crippen LogP contribution is -1.99. The molecule has 104 valence electrons. The minimum absolute atomic E-state index is 0.0328. The number of rotatable bonds is 3. The topological polar surface area (TPSA) is 111 Å². The van der Waals surface area contributed by atoms with Crippen LogP contribution in [0.1, 0.15) is 10.4 Å². The van der Waals surface area contributed by atoms with E-state index in [9.17, 15) is 14.9 Å². The van der Waals surface area contributed by atoms with Gasteiger partial charge in [-0.2, -0.15) is 5.10 Å². The van der Waals surface area contributed by atoms with Crippen LogP contribution in [0.3, 0.4) is 0 Å². The van der Waals surface area contributed by atoms with Gasteiger partial charge in [-0.25, -0.2) is 14.5 Å². The maximum absolute atomic E-state index is 11.0. The summed E-state index contributed by atoms with van der Waals surface area (Å²) in [5.74, 6) is -1.09. The average molecular weight is 284 g/mol. The maximum Gasteiger partial charge on any atom is 0.338 e. The van der Waals surface area contributed by atoms with E-state index in [-0.39, 0.29) is 16.8 Å². The molecule has 8 heteroatoms. The summed E-state index contributed by atoms with van der Waals surface area (Å²) in [5.41, 5.74) is 0.675. The number of hydrogen-bond acceptors (Lipinski definition) is 5. The molecular formula is C13H8N4O4. The van der Waals surface area contributed by atoms with Crippen LogP contribution < -0.4 is 0 Å². The first-order valence-electron chi connectivity index (χ1n) is 5.88. The number of carboxylic acids is 1. The van der Waals surface area contributed by atoms with Gasteiger partial charge in [0.05, 0.1) is 22.4 Å². The van der Waals surface area contributed by atoms with E-state index < -0.39 is 10.9 Å². The van der Waals surface area contributed by atoms with Gasteiger partial charge >= 0.3 is 5.97 Å². The molecule has 1 aromatic carbocycles. The smallest absolute Gasteiger partial charge is 0.338 e. The average Bonchev–Trinajstić information content (AvgIpc) is 2.95. The number of aromatic carboxylic acids is 1. The molecule has 0 amide bonds. The second-order valence-corrected chi connectivity index (χ2v) is 4.24. The Balaban J connectivity index is 2.26. The van der Waals surface area contributed by atoms with Crippen LogP contribution in [0.4, 0.5) is 5.69 Å². The van der Waals surface area contributed by atoms with Crippen molar-refractivity contribution in [3.05, 3.63) is 58.5 Å². The number of carboxylic acid groups (broad SMARTS) is 1. The minimum Gasteiger partial charge on any atom is -0.478 e. The molecule has 0 aliphatic rings. The fourth-order valence-corrected chi connectivity index (χ4v) is 2.05. The number of benzene rings is 1. The normalized spacial score (nSPS) is 10.7. The molecule has 1 N–H and O–H groups in total. The highest BCUT2D eigenvalue weighted by molar-refractivity contribution is 5.94. The fraction of sp³-hybridized carbons (Fsp3) is 0. The molecule has 0 atom stereocenters. The van der Waals surface area contributed by atoms with Crippen molar-refractivity contribution < 1.29 is 14.8 Å². The van der Waals surface area contributed by atoms with Crippen LogP contribution in [0.5, 0.6) is 0 Å². The van der Waals surface area contributed by atoms with Gasteiger partial charge in [0.2, 0.25) is 0 Å². The Kier molecular flexibility index (Phi) is 2.83. The Morgan fingerprint density at radius 1 is 1.33 bits per heavy atom. The molecule has 0 aliphatic carbocycles. The second kappa shape index (κ2) is 4.67. The fourth-order valence-electron chi connectivity index (χ4n) is 2.05. The van der Waals surface area contributed by atoms with Crippen molar-refractivity contribution in [3.8, 4) is 5.69 Å². The number of fused-ring (bicyclic) bond motifs is 1. The summed E-state index contributed by atoms with van der Waals surface area (Å²) in [7, 11) is 0. The Bertz CT molecular complexity index is 871. The number of nitro groups is 1. The first-order chi connectivity index (χ1) is 10.1. The van der Waals surface area contributed by atoms with Gasteiger partial charge in [-0.1, -0.05) is 0 Å². The minimum atomic E-state index is -1.09. The molecule has 0 saturated carbocycles. The molecule has 8 nitrogen and oxygen atoms in total. The summed E-state index contributed by atoms with van der Waals surface area (Å²) in [4.78, 5) is 25.4. The third kappa shape index (κ3) is 2.08. The number of nitrogens with zero attached hydrogens (tertiary/aromatic N) is 4. The molecule has 3 rings (SSSR count). The van der Waals surface area contributed by atoms with Crippen LogP contribution in [0.25, 0.3) is 16.6 Å². The zero-order valence-electron chi connectivity index (χ0n) is 10.5. The van der Waals surface area contributed by atoms with Gasteiger partial charge < -0.3 is 5.11 Å². The zero-order valence-corrected chi connectivity index (χ0v) is 10.5. The molecule has 0 radical (unpaired) electrons. The van der Waals surface area contributed by atoms with Crippen molar-refractivity contribution in [2.75, 3.05) is 0 Å². The summed E-state index contributed by atoms with van der Waals surface area (Å²) in [6.45, 7) is 0. The largest absolute Gasteiger partial charge is 0.478 e. The second-order valence-electron chi connectivity index (χ2n) is 4.24. The van der Waals surface area contributed by atoms with E-state index in [1.54, 1.807) is 12.1 Å². The third-order valence-corrected chi connectivity index (χ3v) is 3.00. The van der Waals surface area contributed by atoms with Crippen molar-refractivity contribution >= 4 is 22.6 Å². The Labute approximate surface area is 117 Å². The van der Waals surface area contributed by atoms with E-state index in [4.69, 9.17) is 5.11 Å². The highest BCUT2D eigenvalue weighted by atomic mass is 16.6. The van der Waals surface area contributed by atoms with E-state index in [0.717, 1.165) is 0 Å². The number of pyridine rings is 1. The number of aromatic nitrogens is 3. The lowest BCUT2D eigenvalue weighted by molar-refractivity contribution is -0.383. The quantitative estimate of drug-likeness (QED) is 0.581. The van der Waals surface area contributed by atoms with Crippen molar-refractivity contribution in [1.29, 1.82) is 0 Å². The SMILES string of the molecule is O=C(O)c1cnn(-c2ccc([N+](=O)[O-])c3ncccc23)c1. The van der Waals surface area contributed by atoms with Gasteiger partial charge in [-0.05, 0) is 18.2 Å². The Morgan fingerprint density at radius 3 is 2.81 bits per heavy atom. The summed E-state index contributed by atoms with van der Waals surface area (Å²) in [6.07, 6.45) is 4.02. The Morgan fingerprint density at radius 2 is 2.14 bits per heavy atom. The third-order valence-electron chi connectivity index (χ3n) is 3.00. The van der Waals surface area contributed by atoms with E-state index >= 15 is 0 Å². The highest BCUT2D eigenvalue weighted by Crippen LogP contribution is 2.28. The Hall–Kier alpha value is -3.29. The molecule has 2 aromatic heterocycles. The molecule has 0 saturated heterocycles. The lowest BCUT2D eigenvalue weighted by Gasteiger charge is -2.06. The van der Waals surface area contributed by atoms with Gasteiger partial charge in [0.25, 0.3) is 5.69 Å². The molecule has 0 unspecified atom stereocenters. The van der Waals surface area contributed by atoms with E-state index in [1.165, 1.54) is 35.4 Å². The van der Waals surface area contributed by atoms with Crippen LogP contribution in [0.2, 0.25) is 0 Å². The molecule has 0 bridgehead atoms. The number of non-ortho nitro benzene ring substituents is 1. The molecule has 0 spiro atoms. The van der Waals surface area contributed by atoms with Crippen LogP contribution in [0, 0.1) is 10.1 Å². The first-order valence-corrected chi connectivity index (χ1v) is 5.88. The van der Waals surface area contributed by atoms with Gasteiger partial charge in [0, 0.05) is 23.8 Å². The summed E-state index contributed by atoms with van der Waals surface area (Å²) in [5, 5.41) is 24.4. The summed E-state index contributed by atoms with van der Waals surface area (Å²) >= 11 is 0. The van der Waals surface area contributed by atoms with Gasteiger partial charge in [0.15, 0.2) is 0 Å². The van der Waals surface area contributed by atoms with E-state index in [2.05, 4.69) is 10.1 Å². The maximum atomic E-state index is 11.0. The molecule has 21 heavy (non-hydrogen) atoms. The molecule has 2 heterocycles. The van der Waals surface area contributed by atoms with Crippen molar-refractivity contribution in [3.63, 3.8) is 0 Å². The van der Waals surface area contributed by atoms with Crippen molar-refractivity contribution in [2.45, 2.75) is 0 Å². The number of nitro benzene ring substituents is 1. The van der Waals surface area contributed by atoms with Gasteiger partial charge in [0.1, 0.15) is 5.52 Å². The lowest BCUT2D eigenvalue weighted by atomic mass is 10.1. The van der Waals surface area contributed by atoms with Gasteiger partial charge in [-0.3, -0.25) is 10.1 Å². The zero-order chi connectivity index (χ0) is 15.0. The van der Waals surface area contributed by atoms with E-state index in [0.29, 0.717) is 11.1 Å². The van der Waals surface area contributed by atoms with Crippen LogP contribution in [-0.2, 0) is 0 Å². The number of carbonyl (C=O) groups is 1. The predicted octanol–water partition coefficient (Wildman–Crippen LogP) is 2.03. The standard InChI is InChI=1S/C13H8N4O4/c18-13(19)8-6-15-16(7-8)10-3-4-11(17(20)21)12-9(10)2-1-5-14-12/h1-7H,(H,18,19). The monoisotopic (exact) mass is 284 g/mol. The van der Waals surface area contributed by atoms with E-state index in [1.807, 2.05) is 0 Å². The van der Waals surface area contributed by atoms with Crippen LogP contribution in [-0.4, -0.2) is 30.8 Å². The summed E-state index contributed by atoms with van der Waals surface area (Å²) < 4.78 is 1.36. The van der Waals surface area contributed by atoms with Crippen molar-refractivity contribution in [2.24, 2.45) is 0 Å². The molecule has 0 fully saturated rings. The van der Waals surface area contributed by atoms with Gasteiger partial charge in [-0.15, -0.1) is 0 Å². The van der Waals surface area contributed by atoms with Crippen molar-refractivity contribution in [1.82, 2.24) is 14.8 Å². The summed E-state index contributed by atoms with van der Waals surface area (Å²) in [6, 6.07) is 6.16. The van der Waals surface area contributed by atoms with Crippen LogP contribution in [0.15, 0.2) is 42.9 Å². The number of hydrogen-bond donors (Lipinski definition) is 1. The molecule has 0 aliphatic heterocycles. The predicted molar refractivity (Wildman–Crippen MR) is 72.5 cm³/mol.